The Hall–Kier alpha value is -2.80. The van der Waals surface area contributed by atoms with E-state index >= 15 is 0 Å². The minimum Gasteiger partial charge on any atom is -0.274 e. The lowest BCUT2D eigenvalue weighted by molar-refractivity contribution is -0.144. The Morgan fingerprint density at radius 3 is 2.33 bits per heavy atom. The van der Waals surface area contributed by atoms with Gasteiger partial charge in [0.2, 0.25) is 11.8 Å². The van der Waals surface area contributed by atoms with E-state index in [4.69, 9.17) is 0 Å². The zero-order valence-corrected chi connectivity index (χ0v) is 16.4. The number of hydrazone groups is 1. The number of anilines is 1. The predicted molar refractivity (Wildman–Crippen MR) is 104 cm³/mol. The number of benzene rings is 2. The maximum absolute atomic E-state index is 13.4. The lowest BCUT2D eigenvalue weighted by Gasteiger charge is -2.30. The Morgan fingerprint density at radius 2 is 1.70 bits per heavy atom. The fraction of sp³-hybridized carbons (Fsp3) is 0.200. The van der Waals surface area contributed by atoms with Crippen molar-refractivity contribution in [2.24, 2.45) is 5.10 Å². The van der Waals surface area contributed by atoms with Crippen molar-refractivity contribution in [3.8, 4) is 0 Å². The van der Waals surface area contributed by atoms with Gasteiger partial charge < -0.3 is 0 Å². The highest BCUT2D eigenvalue weighted by atomic mass is 79.9. The molecule has 2 aromatic carbocycles. The van der Waals surface area contributed by atoms with Gasteiger partial charge in [0.15, 0.2) is 5.54 Å². The van der Waals surface area contributed by atoms with Gasteiger partial charge in [-0.2, -0.15) is 5.10 Å². The number of amides is 3. The molecule has 0 fully saturated rings. The highest BCUT2D eigenvalue weighted by molar-refractivity contribution is 9.10. The summed E-state index contributed by atoms with van der Waals surface area (Å²) in [6, 6.07) is 14.6. The molecule has 0 saturated heterocycles. The van der Waals surface area contributed by atoms with Crippen LogP contribution in [-0.4, -0.2) is 28.4 Å². The molecule has 0 saturated carbocycles. The Balaban J connectivity index is 1.89. The van der Waals surface area contributed by atoms with Crippen LogP contribution in [0.1, 0.15) is 31.4 Å². The van der Waals surface area contributed by atoms with Crippen LogP contribution in [-0.2, 0) is 19.9 Å². The molecule has 136 valence electrons. The van der Waals surface area contributed by atoms with Crippen molar-refractivity contribution in [3.63, 3.8) is 0 Å². The fourth-order valence-corrected chi connectivity index (χ4v) is 4.08. The number of hydrogen-bond acceptors (Lipinski definition) is 4. The topological polar surface area (TPSA) is 70.1 Å². The van der Waals surface area contributed by atoms with Crippen molar-refractivity contribution >= 4 is 45.1 Å². The predicted octanol–water partition coefficient (Wildman–Crippen LogP) is 3.19. The Bertz CT molecular complexity index is 1020. The van der Waals surface area contributed by atoms with Crippen LogP contribution in [0.3, 0.4) is 0 Å². The number of halogens is 1. The van der Waals surface area contributed by atoms with E-state index in [1.165, 1.54) is 18.9 Å². The molecule has 27 heavy (non-hydrogen) atoms. The zero-order valence-electron chi connectivity index (χ0n) is 14.8. The van der Waals surface area contributed by atoms with Crippen LogP contribution >= 0.6 is 15.9 Å². The average molecular weight is 426 g/mol. The van der Waals surface area contributed by atoms with Crippen molar-refractivity contribution in [2.45, 2.75) is 25.8 Å². The summed E-state index contributed by atoms with van der Waals surface area (Å²) in [5.41, 5.74) is 1.26. The molecular weight excluding hydrogens is 410 g/mol. The smallest absolute Gasteiger partial charge is 0.266 e. The lowest BCUT2D eigenvalue weighted by Crippen LogP contribution is -2.51. The normalized spacial score (nSPS) is 20.9. The van der Waals surface area contributed by atoms with Gasteiger partial charge in [-0.15, -0.1) is 0 Å². The van der Waals surface area contributed by atoms with Gasteiger partial charge in [0.25, 0.3) is 5.91 Å². The monoisotopic (exact) mass is 425 g/mol. The highest BCUT2D eigenvalue weighted by Gasteiger charge is 2.60. The summed E-state index contributed by atoms with van der Waals surface area (Å²) in [6.45, 7) is 2.72. The third-order valence-corrected chi connectivity index (χ3v) is 5.47. The number of nitrogens with zero attached hydrogens (tertiary/aromatic N) is 3. The summed E-state index contributed by atoms with van der Waals surface area (Å²) in [6.07, 6.45) is 0.216. The Morgan fingerprint density at radius 1 is 1.04 bits per heavy atom. The van der Waals surface area contributed by atoms with Crippen LogP contribution < -0.4 is 4.90 Å². The van der Waals surface area contributed by atoms with E-state index in [0.717, 1.165) is 14.9 Å². The number of carbonyl (C=O) groups is 3. The zero-order chi connectivity index (χ0) is 19.3. The molecule has 2 aliphatic heterocycles. The van der Waals surface area contributed by atoms with E-state index in [2.05, 4.69) is 21.0 Å². The van der Waals surface area contributed by atoms with Gasteiger partial charge in [0.1, 0.15) is 0 Å². The van der Waals surface area contributed by atoms with Gasteiger partial charge in [-0.3, -0.25) is 14.4 Å². The molecule has 4 rings (SSSR count). The minimum absolute atomic E-state index is 0.216. The molecule has 0 aliphatic carbocycles. The Labute approximate surface area is 164 Å². The number of fused-ring (bicyclic) bond motifs is 2. The van der Waals surface area contributed by atoms with Crippen LogP contribution in [0.2, 0.25) is 0 Å². The quantitative estimate of drug-likeness (QED) is 0.704. The molecule has 2 aromatic rings. The largest absolute Gasteiger partial charge is 0.274 e. The van der Waals surface area contributed by atoms with Crippen LogP contribution in [0.15, 0.2) is 58.1 Å². The van der Waals surface area contributed by atoms with Gasteiger partial charge in [-0.05, 0) is 23.8 Å². The van der Waals surface area contributed by atoms with E-state index < -0.39 is 11.4 Å². The van der Waals surface area contributed by atoms with Crippen molar-refractivity contribution < 1.29 is 14.4 Å². The molecule has 3 amide bonds. The second-order valence-electron chi connectivity index (χ2n) is 6.60. The molecule has 0 unspecified atom stereocenters. The minimum atomic E-state index is -1.32. The van der Waals surface area contributed by atoms with Gasteiger partial charge in [0.05, 0.1) is 11.4 Å². The Kier molecular flexibility index (Phi) is 3.99. The van der Waals surface area contributed by atoms with E-state index in [0.29, 0.717) is 17.0 Å². The molecule has 0 aromatic heterocycles. The van der Waals surface area contributed by atoms with E-state index in [-0.39, 0.29) is 18.2 Å². The van der Waals surface area contributed by atoms with Crippen molar-refractivity contribution in [2.75, 3.05) is 4.90 Å². The van der Waals surface area contributed by atoms with Crippen molar-refractivity contribution in [1.82, 2.24) is 5.01 Å². The molecule has 2 heterocycles. The third kappa shape index (κ3) is 2.45. The average Bonchev–Trinajstić information content (AvgIpc) is 3.15. The first-order chi connectivity index (χ1) is 12.9. The van der Waals surface area contributed by atoms with E-state index in [1.807, 2.05) is 24.3 Å². The van der Waals surface area contributed by atoms with Gasteiger partial charge in [-0.1, -0.05) is 46.3 Å². The summed E-state index contributed by atoms with van der Waals surface area (Å²) < 4.78 is 0.924. The summed E-state index contributed by atoms with van der Waals surface area (Å²) in [5, 5.41) is 5.72. The standard InChI is InChI=1S/C20H16BrN3O3/c1-12(25)23-18-6-4-3-5-16(18)20(19(23)27)11-17(22-24(20)13(2)26)14-7-9-15(21)10-8-14/h3-10H,11H2,1-2H3/t20-/m1/s1. The van der Waals surface area contributed by atoms with Crippen LogP contribution in [0, 0.1) is 0 Å². The van der Waals surface area contributed by atoms with Gasteiger partial charge in [-0.25, -0.2) is 9.91 Å². The second-order valence-corrected chi connectivity index (χ2v) is 7.51. The number of rotatable bonds is 1. The molecule has 2 aliphatic rings. The summed E-state index contributed by atoms with van der Waals surface area (Å²) in [5.74, 6) is -1.18. The first-order valence-electron chi connectivity index (χ1n) is 8.45. The lowest BCUT2D eigenvalue weighted by atomic mass is 9.85. The molecule has 1 atom stereocenters. The molecule has 0 N–H and O–H groups in total. The second kappa shape index (κ2) is 6.13. The fourth-order valence-electron chi connectivity index (χ4n) is 3.82. The van der Waals surface area contributed by atoms with Crippen LogP contribution in [0.4, 0.5) is 5.69 Å². The molecule has 7 heteroatoms. The molecule has 1 spiro atoms. The summed E-state index contributed by atoms with van der Waals surface area (Å²) in [7, 11) is 0. The highest BCUT2D eigenvalue weighted by Crippen LogP contribution is 2.49. The summed E-state index contributed by atoms with van der Waals surface area (Å²) >= 11 is 3.40. The molecule has 0 bridgehead atoms. The van der Waals surface area contributed by atoms with Crippen molar-refractivity contribution in [1.29, 1.82) is 0 Å². The summed E-state index contributed by atoms with van der Waals surface area (Å²) in [4.78, 5) is 39.2. The van der Waals surface area contributed by atoms with E-state index in [1.54, 1.807) is 24.3 Å². The molecule has 0 radical (unpaired) electrons. The van der Waals surface area contributed by atoms with Crippen LogP contribution in [0.25, 0.3) is 0 Å². The maximum Gasteiger partial charge on any atom is 0.266 e. The maximum atomic E-state index is 13.4. The SMILES string of the molecule is CC(=O)N1C(=O)[C@@]2(CC(c3ccc(Br)cc3)=NN2C(C)=O)c2ccccc21. The van der Waals surface area contributed by atoms with Gasteiger partial charge in [0, 0.05) is 30.3 Å². The van der Waals surface area contributed by atoms with Crippen LogP contribution in [0.5, 0.6) is 0 Å². The first-order valence-corrected chi connectivity index (χ1v) is 9.24. The third-order valence-electron chi connectivity index (χ3n) is 4.94. The number of hydrogen-bond donors (Lipinski definition) is 0. The van der Waals surface area contributed by atoms with Crippen molar-refractivity contribution in [3.05, 3.63) is 64.1 Å². The first kappa shape index (κ1) is 17.6. The molecular formula is C20H16BrN3O3. The molecule has 6 nitrogen and oxygen atoms in total. The number of carbonyl (C=O) groups excluding carboxylic acids is 3. The number of para-hydroxylation sites is 1. The number of imide groups is 1. The van der Waals surface area contributed by atoms with E-state index in [9.17, 15) is 14.4 Å². The van der Waals surface area contributed by atoms with Gasteiger partial charge >= 0.3 is 0 Å².